The Morgan fingerprint density at radius 2 is 1.89 bits per heavy atom. The molecule has 3 rings (SSSR count). The normalized spacial score (nSPS) is 23.9. The quantitative estimate of drug-likeness (QED) is 0.766. The number of hydrogen-bond donors (Lipinski definition) is 2. The molecule has 2 aromatic rings. The van der Waals surface area contributed by atoms with Gasteiger partial charge in [0.1, 0.15) is 27.9 Å². The summed E-state index contributed by atoms with van der Waals surface area (Å²) in [5.41, 5.74) is -1.32. The molecule has 1 amide bonds. The molecule has 1 aliphatic rings. The molecule has 1 saturated heterocycles. The van der Waals surface area contributed by atoms with Crippen LogP contribution in [-0.4, -0.2) is 22.6 Å². The standard InChI is InChI=1S/C17H14F5N3OS/c1-16(9-4-6-23-7-5-9)14(26)25-15(27-16)24-13(17(20,21)22)11-3-2-10(18)8-12(11)19/h2-8,13,15,24H,1H3,(H,25,26)/t13-,15?,16?/m1/s1. The Labute approximate surface area is 155 Å². The Hall–Kier alpha value is -2.20. The smallest absolute Gasteiger partial charge is 0.330 e. The second-order valence-corrected chi connectivity index (χ2v) is 7.57. The van der Waals surface area contributed by atoms with E-state index in [0.717, 1.165) is 23.9 Å². The number of carbonyl (C=O) groups excluding carboxylic acids is 1. The first-order valence-corrected chi connectivity index (χ1v) is 8.66. The highest BCUT2D eigenvalue weighted by atomic mass is 32.2. The van der Waals surface area contributed by atoms with E-state index in [9.17, 15) is 26.7 Å². The Bertz CT molecular complexity index is 848. The van der Waals surface area contributed by atoms with Gasteiger partial charge in [0, 0.05) is 24.0 Å². The van der Waals surface area contributed by atoms with Crippen molar-refractivity contribution in [1.82, 2.24) is 15.6 Å². The molecule has 0 radical (unpaired) electrons. The summed E-state index contributed by atoms with van der Waals surface area (Å²) in [6, 6.07) is 2.64. The fourth-order valence-electron chi connectivity index (χ4n) is 2.77. The number of nitrogens with zero attached hydrogens (tertiary/aromatic N) is 1. The minimum Gasteiger partial charge on any atom is -0.330 e. The molecule has 2 unspecified atom stereocenters. The molecular formula is C17H14F5N3OS. The summed E-state index contributed by atoms with van der Waals surface area (Å²) in [6.07, 6.45) is -1.91. The lowest BCUT2D eigenvalue weighted by atomic mass is 10.0. The monoisotopic (exact) mass is 403 g/mol. The molecule has 0 aliphatic carbocycles. The molecule has 1 aromatic heterocycles. The van der Waals surface area contributed by atoms with Gasteiger partial charge in [-0.1, -0.05) is 17.8 Å². The number of alkyl halides is 3. The largest absolute Gasteiger partial charge is 0.408 e. The zero-order chi connectivity index (χ0) is 19.8. The predicted molar refractivity (Wildman–Crippen MR) is 89.4 cm³/mol. The van der Waals surface area contributed by atoms with Crippen LogP contribution in [0.1, 0.15) is 24.1 Å². The fourth-order valence-corrected chi connectivity index (χ4v) is 4.05. The van der Waals surface area contributed by atoms with Crippen LogP contribution < -0.4 is 10.6 Å². The van der Waals surface area contributed by atoms with Crippen molar-refractivity contribution < 1.29 is 26.7 Å². The van der Waals surface area contributed by atoms with Gasteiger partial charge in [0.2, 0.25) is 5.91 Å². The summed E-state index contributed by atoms with van der Waals surface area (Å²) >= 11 is 0.926. The van der Waals surface area contributed by atoms with E-state index in [1.165, 1.54) is 12.4 Å². The molecule has 144 valence electrons. The van der Waals surface area contributed by atoms with Crippen LogP contribution in [0.15, 0.2) is 42.7 Å². The van der Waals surface area contributed by atoms with E-state index in [1.54, 1.807) is 19.1 Å². The zero-order valence-electron chi connectivity index (χ0n) is 13.8. The lowest BCUT2D eigenvalue weighted by Crippen LogP contribution is -2.45. The first kappa shape index (κ1) is 19.6. The minimum atomic E-state index is -4.86. The van der Waals surface area contributed by atoms with Gasteiger partial charge in [0.15, 0.2) is 0 Å². The summed E-state index contributed by atoms with van der Waals surface area (Å²) in [5.74, 6) is -2.79. The Kier molecular flexibility index (Phi) is 5.13. The highest BCUT2D eigenvalue weighted by molar-refractivity contribution is 8.02. The minimum absolute atomic E-state index is 0.386. The van der Waals surface area contributed by atoms with Crippen LogP contribution >= 0.6 is 11.8 Å². The molecule has 27 heavy (non-hydrogen) atoms. The van der Waals surface area contributed by atoms with Crippen LogP contribution in [-0.2, 0) is 9.54 Å². The van der Waals surface area contributed by atoms with Crippen LogP contribution in [0.25, 0.3) is 0 Å². The van der Waals surface area contributed by atoms with Crippen LogP contribution in [0, 0.1) is 11.6 Å². The van der Waals surface area contributed by atoms with Gasteiger partial charge < -0.3 is 5.32 Å². The van der Waals surface area contributed by atoms with Crippen LogP contribution in [0.2, 0.25) is 0 Å². The zero-order valence-corrected chi connectivity index (χ0v) is 14.7. The molecule has 4 nitrogen and oxygen atoms in total. The predicted octanol–water partition coefficient (Wildman–Crippen LogP) is 3.61. The Balaban J connectivity index is 1.87. The topological polar surface area (TPSA) is 54.0 Å². The lowest BCUT2D eigenvalue weighted by Gasteiger charge is -2.26. The van der Waals surface area contributed by atoms with E-state index in [4.69, 9.17) is 0 Å². The summed E-state index contributed by atoms with van der Waals surface area (Å²) in [4.78, 5) is 16.2. The van der Waals surface area contributed by atoms with E-state index in [0.29, 0.717) is 11.6 Å². The van der Waals surface area contributed by atoms with Gasteiger partial charge in [-0.3, -0.25) is 15.1 Å². The lowest BCUT2D eigenvalue weighted by molar-refractivity contribution is -0.159. The third-order valence-corrected chi connectivity index (χ3v) is 5.58. The Morgan fingerprint density at radius 3 is 2.48 bits per heavy atom. The summed E-state index contributed by atoms with van der Waals surface area (Å²) in [7, 11) is 0. The molecule has 2 N–H and O–H groups in total. The molecule has 1 aliphatic heterocycles. The van der Waals surface area contributed by atoms with Crippen molar-refractivity contribution in [1.29, 1.82) is 0 Å². The van der Waals surface area contributed by atoms with Crippen molar-refractivity contribution in [2.24, 2.45) is 0 Å². The molecule has 1 fully saturated rings. The number of rotatable bonds is 4. The molecule has 0 bridgehead atoms. The molecule has 0 spiro atoms. The SMILES string of the molecule is CC1(c2ccncc2)SC(N[C@H](c2ccc(F)cc2F)C(F)(F)F)NC1=O. The number of halogens is 5. The molecular weight excluding hydrogens is 389 g/mol. The average Bonchev–Trinajstić information content (AvgIpc) is 2.88. The van der Waals surface area contributed by atoms with E-state index in [2.05, 4.69) is 15.6 Å². The van der Waals surface area contributed by atoms with Crippen LogP contribution in [0.5, 0.6) is 0 Å². The fraction of sp³-hybridized carbons (Fsp3) is 0.294. The van der Waals surface area contributed by atoms with Crippen molar-refractivity contribution >= 4 is 17.7 Å². The van der Waals surface area contributed by atoms with E-state index >= 15 is 0 Å². The van der Waals surface area contributed by atoms with Crippen molar-refractivity contribution in [3.8, 4) is 0 Å². The number of thioether (sulfide) groups is 1. The number of nitrogens with one attached hydrogen (secondary N) is 2. The molecule has 0 saturated carbocycles. The van der Waals surface area contributed by atoms with Crippen molar-refractivity contribution in [3.63, 3.8) is 0 Å². The van der Waals surface area contributed by atoms with Crippen LogP contribution in [0.4, 0.5) is 22.0 Å². The molecule has 1 aromatic carbocycles. The third-order valence-electron chi connectivity index (χ3n) is 4.20. The maximum atomic E-state index is 13.9. The van der Waals surface area contributed by atoms with E-state index < -0.39 is 45.6 Å². The van der Waals surface area contributed by atoms with Gasteiger partial charge in [0.25, 0.3) is 0 Å². The van der Waals surface area contributed by atoms with E-state index in [-0.39, 0.29) is 0 Å². The molecule has 3 atom stereocenters. The highest BCUT2D eigenvalue weighted by Crippen LogP contribution is 2.44. The van der Waals surface area contributed by atoms with Gasteiger partial charge in [-0.25, -0.2) is 8.78 Å². The summed E-state index contributed by atoms with van der Waals surface area (Å²) in [6.45, 7) is 1.57. The summed E-state index contributed by atoms with van der Waals surface area (Å²) in [5, 5.41) is 4.66. The van der Waals surface area contributed by atoms with E-state index in [1.807, 2.05) is 0 Å². The van der Waals surface area contributed by atoms with Gasteiger partial charge >= 0.3 is 6.18 Å². The number of hydrogen-bond acceptors (Lipinski definition) is 4. The summed E-state index contributed by atoms with van der Waals surface area (Å²) < 4.78 is 66.3. The maximum absolute atomic E-state index is 13.9. The first-order valence-electron chi connectivity index (χ1n) is 7.78. The maximum Gasteiger partial charge on any atom is 0.408 e. The number of carbonyl (C=O) groups is 1. The first-order chi connectivity index (χ1) is 12.6. The second-order valence-electron chi connectivity index (χ2n) is 6.05. The van der Waals surface area contributed by atoms with Crippen molar-refractivity contribution in [2.75, 3.05) is 0 Å². The average molecular weight is 403 g/mol. The molecule has 2 heterocycles. The van der Waals surface area contributed by atoms with Gasteiger partial charge in [-0.05, 0) is 30.7 Å². The third kappa shape index (κ3) is 3.91. The van der Waals surface area contributed by atoms with Gasteiger partial charge in [-0.2, -0.15) is 13.2 Å². The van der Waals surface area contributed by atoms with Gasteiger partial charge in [0.05, 0.1) is 0 Å². The number of amides is 1. The highest BCUT2D eigenvalue weighted by Gasteiger charge is 2.49. The van der Waals surface area contributed by atoms with Gasteiger partial charge in [-0.15, -0.1) is 0 Å². The molecule has 10 heteroatoms. The van der Waals surface area contributed by atoms with Crippen molar-refractivity contribution in [2.45, 2.75) is 29.4 Å². The Morgan fingerprint density at radius 1 is 1.22 bits per heavy atom. The van der Waals surface area contributed by atoms with Crippen molar-refractivity contribution in [3.05, 3.63) is 65.5 Å². The number of aromatic nitrogens is 1. The number of pyridine rings is 1. The second kappa shape index (κ2) is 7.08. The van der Waals surface area contributed by atoms with Crippen LogP contribution in [0.3, 0.4) is 0 Å². The number of benzene rings is 1.